The predicted octanol–water partition coefficient (Wildman–Crippen LogP) is 8.11. The number of nitrogens with one attached hydrogen (secondary N) is 2. The van der Waals surface area contributed by atoms with Gasteiger partial charge < -0.3 is 15.5 Å². The third-order valence-electron chi connectivity index (χ3n) is 8.47. The normalized spacial score (nSPS) is 20.1. The fourth-order valence-corrected chi connectivity index (χ4v) is 6.79. The van der Waals surface area contributed by atoms with Gasteiger partial charge in [-0.15, -0.1) is 11.8 Å². The molecule has 0 saturated heterocycles. The summed E-state index contributed by atoms with van der Waals surface area (Å²) in [6, 6.07) is 16.1. The first-order valence-electron chi connectivity index (χ1n) is 14.7. The van der Waals surface area contributed by atoms with E-state index in [0.29, 0.717) is 24.3 Å². The maximum atomic E-state index is 13.9. The molecule has 2 aliphatic rings. The van der Waals surface area contributed by atoms with Gasteiger partial charge in [0, 0.05) is 29.6 Å². The van der Waals surface area contributed by atoms with Gasteiger partial charge in [-0.25, -0.2) is 4.79 Å². The average Bonchev–Trinajstić information content (AvgIpc) is 2.97. The number of amides is 3. The van der Waals surface area contributed by atoms with Crippen LogP contribution in [0.2, 0.25) is 0 Å². The van der Waals surface area contributed by atoms with E-state index >= 15 is 0 Å². The molecule has 4 rings (SSSR count). The van der Waals surface area contributed by atoms with Crippen molar-refractivity contribution in [3.8, 4) is 0 Å². The van der Waals surface area contributed by atoms with Crippen LogP contribution in [0, 0.1) is 11.8 Å². The molecule has 3 amide bonds. The number of nitrogens with zero attached hydrogens (tertiary/aromatic N) is 1. The van der Waals surface area contributed by atoms with Crippen LogP contribution in [0.3, 0.4) is 0 Å². The summed E-state index contributed by atoms with van der Waals surface area (Å²) >= 11 is 1.58. The molecule has 0 aromatic heterocycles. The van der Waals surface area contributed by atoms with E-state index in [1.165, 1.54) is 44.9 Å². The maximum Gasteiger partial charge on any atom is 0.322 e. The highest BCUT2D eigenvalue weighted by Gasteiger charge is 2.33. The van der Waals surface area contributed by atoms with Crippen molar-refractivity contribution in [2.75, 3.05) is 18.1 Å². The van der Waals surface area contributed by atoms with Gasteiger partial charge in [0.2, 0.25) is 0 Å². The zero-order valence-electron chi connectivity index (χ0n) is 23.2. The lowest BCUT2D eigenvalue weighted by molar-refractivity contribution is 0.0953. The molecule has 6 heteroatoms. The topological polar surface area (TPSA) is 61.4 Å². The summed E-state index contributed by atoms with van der Waals surface area (Å²) in [7, 11) is 0. The van der Waals surface area contributed by atoms with E-state index in [4.69, 9.17) is 0 Å². The minimum Gasteiger partial charge on any atom is -0.352 e. The van der Waals surface area contributed by atoms with Crippen LogP contribution in [0.5, 0.6) is 0 Å². The van der Waals surface area contributed by atoms with Gasteiger partial charge in [0.05, 0.1) is 5.69 Å². The molecule has 2 saturated carbocycles. The zero-order chi connectivity index (χ0) is 26.7. The number of urea groups is 1. The number of benzene rings is 2. The Balaban J connectivity index is 1.48. The first-order chi connectivity index (χ1) is 18.6. The number of carbonyl (C=O) groups excluding carboxylic acids is 2. The molecule has 2 N–H and O–H groups in total. The predicted molar refractivity (Wildman–Crippen MR) is 159 cm³/mol. The second-order valence-electron chi connectivity index (χ2n) is 11.0. The summed E-state index contributed by atoms with van der Waals surface area (Å²) < 4.78 is 0. The molecule has 2 aromatic carbocycles. The summed E-state index contributed by atoms with van der Waals surface area (Å²) in [5.74, 6) is 1.61. The Morgan fingerprint density at radius 1 is 0.921 bits per heavy atom. The molecule has 206 valence electrons. The quantitative estimate of drug-likeness (QED) is 0.239. The van der Waals surface area contributed by atoms with Crippen molar-refractivity contribution in [1.82, 2.24) is 10.2 Å². The molecule has 0 radical (unpaired) electrons. The standard InChI is InChI=1S/C32H45N3O2S/c1-3-4-21-33-31(36)27-17-20-30(38-2)29(22-27)34-32(37)35(23-24-11-7-5-8-12-24)28-18-15-26(16-19-28)25-13-9-6-10-14-25/h5,7-8,11-12,17,20,22,25-26,28H,3-4,6,9-10,13-16,18-19,21,23H2,1-2H3,(H,33,36)(H,34,37). The number of rotatable bonds is 10. The Morgan fingerprint density at radius 3 is 2.32 bits per heavy atom. The lowest BCUT2D eigenvalue weighted by Gasteiger charge is -2.40. The van der Waals surface area contributed by atoms with Gasteiger partial charge in [-0.1, -0.05) is 75.8 Å². The smallest absolute Gasteiger partial charge is 0.322 e. The Labute approximate surface area is 233 Å². The molecule has 5 nitrogen and oxygen atoms in total. The van der Waals surface area contributed by atoms with Crippen LogP contribution < -0.4 is 10.6 Å². The highest BCUT2D eigenvalue weighted by molar-refractivity contribution is 7.98. The highest BCUT2D eigenvalue weighted by atomic mass is 32.2. The summed E-state index contributed by atoms with van der Waals surface area (Å²) in [5.41, 5.74) is 2.43. The van der Waals surface area contributed by atoms with Crippen molar-refractivity contribution in [3.05, 3.63) is 59.7 Å². The van der Waals surface area contributed by atoms with Crippen LogP contribution in [-0.2, 0) is 6.54 Å². The molecular weight excluding hydrogens is 490 g/mol. The number of hydrogen-bond acceptors (Lipinski definition) is 3. The molecule has 0 aliphatic heterocycles. The Morgan fingerprint density at radius 2 is 1.63 bits per heavy atom. The largest absolute Gasteiger partial charge is 0.352 e. The van der Waals surface area contributed by atoms with Gasteiger partial charge in [-0.2, -0.15) is 0 Å². The number of thioether (sulfide) groups is 1. The Hall–Kier alpha value is -2.47. The van der Waals surface area contributed by atoms with Crippen molar-refractivity contribution < 1.29 is 9.59 Å². The molecule has 0 unspecified atom stereocenters. The van der Waals surface area contributed by atoms with E-state index in [1.54, 1.807) is 11.8 Å². The van der Waals surface area contributed by atoms with E-state index in [0.717, 1.165) is 48.0 Å². The van der Waals surface area contributed by atoms with Crippen LogP contribution in [0.1, 0.15) is 93.5 Å². The van der Waals surface area contributed by atoms with E-state index in [-0.39, 0.29) is 18.0 Å². The van der Waals surface area contributed by atoms with E-state index < -0.39 is 0 Å². The molecule has 38 heavy (non-hydrogen) atoms. The fraction of sp³-hybridized carbons (Fsp3) is 0.562. The van der Waals surface area contributed by atoms with Crippen molar-refractivity contribution in [2.45, 2.75) is 95.0 Å². The van der Waals surface area contributed by atoms with Crippen LogP contribution in [0.4, 0.5) is 10.5 Å². The van der Waals surface area contributed by atoms with E-state index in [2.05, 4.69) is 29.7 Å². The third kappa shape index (κ3) is 7.78. The third-order valence-corrected chi connectivity index (χ3v) is 9.27. The molecule has 2 aromatic rings. The molecule has 2 fully saturated rings. The first kappa shape index (κ1) is 28.5. The molecule has 0 spiro atoms. The lowest BCUT2D eigenvalue weighted by Crippen LogP contribution is -2.44. The average molecular weight is 536 g/mol. The van der Waals surface area contributed by atoms with Crippen LogP contribution in [0.15, 0.2) is 53.4 Å². The van der Waals surface area contributed by atoms with Crippen molar-refractivity contribution in [1.29, 1.82) is 0 Å². The number of hydrogen-bond donors (Lipinski definition) is 2. The number of unbranched alkanes of at least 4 members (excludes halogenated alkanes) is 1. The molecule has 2 aliphatic carbocycles. The van der Waals surface area contributed by atoms with E-state index in [1.807, 2.05) is 47.6 Å². The number of anilines is 1. The molecule has 0 atom stereocenters. The second-order valence-corrected chi connectivity index (χ2v) is 11.9. The van der Waals surface area contributed by atoms with Crippen molar-refractivity contribution in [3.63, 3.8) is 0 Å². The zero-order valence-corrected chi connectivity index (χ0v) is 24.0. The van der Waals surface area contributed by atoms with Gasteiger partial charge in [0.1, 0.15) is 0 Å². The Kier molecular flexibility index (Phi) is 11.0. The highest BCUT2D eigenvalue weighted by Crippen LogP contribution is 2.39. The van der Waals surface area contributed by atoms with Crippen LogP contribution in [-0.4, -0.2) is 35.7 Å². The van der Waals surface area contributed by atoms with Gasteiger partial charge in [-0.3, -0.25) is 4.79 Å². The minimum atomic E-state index is -0.0937. The second kappa shape index (κ2) is 14.6. The molecule has 0 heterocycles. The van der Waals surface area contributed by atoms with Crippen molar-refractivity contribution in [2.24, 2.45) is 11.8 Å². The van der Waals surface area contributed by atoms with Gasteiger partial charge >= 0.3 is 6.03 Å². The lowest BCUT2D eigenvalue weighted by atomic mass is 9.72. The van der Waals surface area contributed by atoms with Crippen molar-refractivity contribution >= 4 is 29.4 Å². The van der Waals surface area contributed by atoms with E-state index in [9.17, 15) is 9.59 Å². The SMILES string of the molecule is CCCCNC(=O)c1ccc(SC)c(NC(=O)N(Cc2ccccc2)C2CCC(C3CCCCC3)CC2)c1. The Bertz CT molecular complexity index is 1030. The first-order valence-corrected chi connectivity index (χ1v) is 15.9. The van der Waals surface area contributed by atoms with Crippen LogP contribution >= 0.6 is 11.8 Å². The summed E-state index contributed by atoms with van der Waals surface area (Å²) in [6.07, 6.45) is 15.5. The number of carbonyl (C=O) groups is 2. The summed E-state index contributed by atoms with van der Waals surface area (Å²) in [6.45, 7) is 3.36. The summed E-state index contributed by atoms with van der Waals surface area (Å²) in [5, 5.41) is 6.19. The summed E-state index contributed by atoms with van der Waals surface area (Å²) in [4.78, 5) is 29.6. The molecule has 0 bridgehead atoms. The fourth-order valence-electron chi connectivity index (χ4n) is 6.25. The molecular formula is C32H45N3O2S. The van der Waals surface area contributed by atoms with Crippen LogP contribution in [0.25, 0.3) is 0 Å². The maximum absolute atomic E-state index is 13.9. The minimum absolute atomic E-state index is 0.0752. The van der Waals surface area contributed by atoms with Gasteiger partial charge in [0.25, 0.3) is 5.91 Å². The monoisotopic (exact) mass is 535 g/mol. The van der Waals surface area contributed by atoms with Gasteiger partial charge in [0.15, 0.2) is 0 Å². The van der Waals surface area contributed by atoms with Gasteiger partial charge in [-0.05, 0) is 74.0 Å².